The Labute approximate surface area is 124 Å². The second kappa shape index (κ2) is 7.39. The van der Waals surface area contributed by atoms with Gasteiger partial charge in [-0.3, -0.25) is 0 Å². The Morgan fingerprint density at radius 3 is 2.89 bits per heavy atom. The van der Waals surface area contributed by atoms with Gasteiger partial charge in [-0.15, -0.1) is 0 Å². The maximum Gasteiger partial charge on any atom is 0.0623 e. The highest BCUT2D eigenvalue weighted by Gasteiger charge is 2.28. The van der Waals surface area contributed by atoms with Gasteiger partial charge in [-0.1, -0.05) is 41.1 Å². The van der Waals surface area contributed by atoms with E-state index in [-0.39, 0.29) is 0 Å². The van der Waals surface area contributed by atoms with Crippen molar-refractivity contribution in [2.24, 2.45) is 5.92 Å². The summed E-state index contributed by atoms with van der Waals surface area (Å²) in [4.78, 5) is 2.38. The molecular formula is C15H23BrN2O. The zero-order valence-electron chi connectivity index (χ0n) is 11.7. The second-order valence-corrected chi connectivity index (χ2v) is 6.10. The van der Waals surface area contributed by atoms with Crippen LogP contribution in [0.15, 0.2) is 28.7 Å². The van der Waals surface area contributed by atoms with Crippen LogP contribution in [0.25, 0.3) is 0 Å². The van der Waals surface area contributed by atoms with E-state index in [4.69, 9.17) is 4.74 Å². The summed E-state index contributed by atoms with van der Waals surface area (Å²) >= 11 is 3.61. The molecule has 0 radical (unpaired) electrons. The van der Waals surface area contributed by atoms with Crippen molar-refractivity contribution < 1.29 is 4.74 Å². The number of nitrogens with one attached hydrogen (secondary N) is 1. The van der Waals surface area contributed by atoms with E-state index < -0.39 is 0 Å². The summed E-state index contributed by atoms with van der Waals surface area (Å²) < 4.78 is 6.79. The molecule has 19 heavy (non-hydrogen) atoms. The van der Waals surface area contributed by atoms with Gasteiger partial charge < -0.3 is 15.0 Å². The molecule has 0 aromatic heterocycles. The predicted octanol–water partition coefficient (Wildman–Crippen LogP) is 2.51. The van der Waals surface area contributed by atoms with Crippen molar-refractivity contribution in [2.45, 2.75) is 19.5 Å². The van der Waals surface area contributed by atoms with E-state index >= 15 is 0 Å². The molecule has 0 amide bonds. The summed E-state index contributed by atoms with van der Waals surface area (Å²) in [5.41, 5.74) is 1.34. The Balaban J connectivity index is 1.87. The molecule has 0 bridgehead atoms. The summed E-state index contributed by atoms with van der Waals surface area (Å²) in [6.45, 7) is 6.92. The first-order chi connectivity index (χ1) is 9.20. The van der Waals surface area contributed by atoms with Crippen LogP contribution in [0.1, 0.15) is 12.5 Å². The molecule has 1 N–H and O–H groups in total. The van der Waals surface area contributed by atoms with Crippen molar-refractivity contribution >= 4 is 15.9 Å². The summed E-state index contributed by atoms with van der Waals surface area (Å²) in [6, 6.07) is 8.93. The number of nitrogens with zero attached hydrogens (tertiary/aromatic N) is 1. The largest absolute Gasteiger partial charge is 0.379 e. The fourth-order valence-corrected chi connectivity index (χ4v) is 3.06. The van der Waals surface area contributed by atoms with Crippen LogP contribution in [-0.2, 0) is 11.3 Å². The third-order valence-corrected chi connectivity index (χ3v) is 4.38. The van der Waals surface area contributed by atoms with Gasteiger partial charge in [0.15, 0.2) is 0 Å². The zero-order valence-corrected chi connectivity index (χ0v) is 13.3. The number of hydrogen-bond donors (Lipinski definition) is 1. The molecule has 1 aromatic carbocycles. The van der Waals surface area contributed by atoms with Crippen LogP contribution < -0.4 is 5.32 Å². The van der Waals surface area contributed by atoms with Crippen LogP contribution in [-0.4, -0.2) is 44.3 Å². The fraction of sp³-hybridized carbons (Fsp3) is 0.600. The van der Waals surface area contributed by atoms with E-state index in [2.05, 4.69) is 64.4 Å². The summed E-state index contributed by atoms with van der Waals surface area (Å²) in [6.07, 6.45) is 0. The Kier molecular flexibility index (Phi) is 5.82. The topological polar surface area (TPSA) is 24.5 Å². The molecule has 2 unspecified atom stereocenters. The van der Waals surface area contributed by atoms with Crippen molar-refractivity contribution in [2.75, 3.05) is 33.4 Å². The molecule has 4 heteroatoms. The molecule has 2 atom stereocenters. The van der Waals surface area contributed by atoms with Gasteiger partial charge in [0.25, 0.3) is 0 Å². The Morgan fingerprint density at radius 2 is 2.16 bits per heavy atom. The molecule has 106 valence electrons. The maximum absolute atomic E-state index is 5.60. The third kappa shape index (κ3) is 4.28. The molecule has 1 aliphatic heterocycles. The van der Waals surface area contributed by atoms with Crippen LogP contribution in [0.2, 0.25) is 0 Å². The number of ether oxygens (including phenoxy) is 1. The molecule has 3 nitrogen and oxygen atoms in total. The molecule has 1 saturated heterocycles. The quantitative estimate of drug-likeness (QED) is 0.869. The third-order valence-electron chi connectivity index (χ3n) is 3.61. The molecule has 1 aliphatic rings. The number of rotatable bonds is 6. The lowest BCUT2D eigenvalue weighted by Gasteiger charge is -2.25. The zero-order chi connectivity index (χ0) is 13.7. The van der Waals surface area contributed by atoms with E-state index in [1.54, 1.807) is 0 Å². The van der Waals surface area contributed by atoms with Gasteiger partial charge in [0.05, 0.1) is 13.2 Å². The predicted molar refractivity (Wildman–Crippen MR) is 82.2 cm³/mol. The molecule has 2 rings (SSSR count). The van der Waals surface area contributed by atoms with E-state index in [1.165, 1.54) is 10.0 Å². The molecule has 0 spiro atoms. The summed E-state index contributed by atoms with van der Waals surface area (Å²) in [5, 5.41) is 3.51. The number of halogens is 1. The van der Waals surface area contributed by atoms with Gasteiger partial charge in [0.2, 0.25) is 0 Å². The molecule has 0 aliphatic carbocycles. The highest BCUT2D eigenvalue weighted by Crippen LogP contribution is 2.19. The SMILES string of the molecule is CCNC1COCC1CN(C)Cc1ccccc1Br. The normalized spacial score (nSPS) is 23.2. The van der Waals surface area contributed by atoms with Crippen molar-refractivity contribution in [3.05, 3.63) is 34.3 Å². The lowest BCUT2D eigenvalue weighted by atomic mass is 10.0. The molecule has 1 fully saturated rings. The Hall–Kier alpha value is -0.420. The van der Waals surface area contributed by atoms with Gasteiger partial charge in [-0.25, -0.2) is 0 Å². The first-order valence-corrected chi connectivity index (χ1v) is 7.73. The van der Waals surface area contributed by atoms with Crippen molar-refractivity contribution in [3.8, 4) is 0 Å². The van der Waals surface area contributed by atoms with Gasteiger partial charge in [0.1, 0.15) is 0 Å². The minimum absolute atomic E-state index is 0.506. The van der Waals surface area contributed by atoms with E-state index in [9.17, 15) is 0 Å². The number of hydrogen-bond acceptors (Lipinski definition) is 3. The lowest BCUT2D eigenvalue weighted by molar-refractivity contribution is 0.172. The van der Waals surface area contributed by atoms with Gasteiger partial charge in [-0.05, 0) is 25.2 Å². The minimum Gasteiger partial charge on any atom is -0.379 e. The van der Waals surface area contributed by atoms with Crippen LogP contribution >= 0.6 is 15.9 Å². The van der Waals surface area contributed by atoms with Gasteiger partial charge in [-0.2, -0.15) is 0 Å². The van der Waals surface area contributed by atoms with Crippen molar-refractivity contribution in [1.29, 1.82) is 0 Å². The van der Waals surface area contributed by atoms with E-state index in [1.807, 2.05) is 0 Å². The fourth-order valence-electron chi connectivity index (χ4n) is 2.65. The summed E-state index contributed by atoms with van der Waals surface area (Å²) in [5.74, 6) is 0.590. The summed E-state index contributed by atoms with van der Waals surface area (Å²) in [7, 11) is 2.18. The molecule has 0 saturated carbocycles. The Bertz CT molecular complexity index is 399. The van der Waals surface area contributed by atoms with Gasteiger partial charge >= 0.3 is 0 Å². The first kappa shape index (κ1) is 15.0. The molecule has 1 heterocycles. The lowest BCUT2D eigenvalue weighted by Crippen LogP contribution is -2.40. The van der Waals surface area contributed by atoms with Crippen molar-refractivity contribution in [3.63, 3.8) is 0 Å². The van der Waals surface area contributed by atoms with Crippen LogP contribution in [0.4, 0.5) is 0 Å². The average molecular weight is 327 g/mol. The van der Waals surface area contributed by atoms with Crippen LogP contribution in [0.5, 0.6) is 0 Å². The molecular weight excluding hydrogens is 304 g/mol. The van der Waals surface area contributed by atoms with Crippen molar-refractivity contribution in [1.82, 2.24) is 10.2 Å². The highest BCUT2D eigenvalue weighted by atomic mass is 79.9. The van der Waals surface area contributed by atoms with E-state index in [0.717, 1.165) is 32.8 Å². The minimum atomic E-state index is 0.506. The standard InChI is InChI=1S/C15H23BrN2O/c1-3-17-15-11-19-10-13(15)9-18(2)8-12-6-4-5-7-14(12)16/h4-7,13,15,17H,3,8-11H2,1-2H3. The number of benzene rings is 1. The average Bonchev–Trinajstić information content (AvgIpc) is 2.80. The highest BCUT2D eigenvalue weighted by molar-refractivity contribution is 9.10. The van der Waals surface area contributed by atoms with Crippen LogP contribution in [0.3, 0.4) is 0 Å². The van der Waals surface area contributed by atoms with Gasteiger partial charge in [0, 0.05) is 29.5 Å². The monoisotopic (exact) mass is 326 g/mol. The Morgan fingerprint density at radius 1 is 1.37 bits per heavy atom. The van der Waals surface area contributed by atoms with E-state index in [0.29, 0.717) is 12.0 Å². The molecule has 1 aromatic rings. The maximum atomic E-state index is 5.60. The second-order valence-electron chi connectivity index (χ2n) is 5.25. The smallest absolute Gasteiger partial charge is 0.0623 e. The van der Waals surface area contributed by atoms with Crippen LogP contribution in [0, 0.1) is 5.92 Å². The number of likely N-dealkylation sites (N-methyl/N-ethyl adjacent to an activating group) is 1. The first-order valence-electron chi connectivity index (χ1n) is 6.93.